The second-order valence-corrected chi connectivity index (χ2v) is 31.1. The number of likely N-dealkylation sites (N-methyl/N-ethyl adjacent to an activating group) is 6. The first-order chi connectivity index (χ1) is 49.6. The quantitative estimate of drug-likeness (QED) is 0.252. The summed E-state index contributed by atoms with van der Waals surface area (Å²) in [5.74, 6) is -22.5. The van der Waals surface area contributed by atoms with Gasteiger partial charge in [0.25, 0.3) is 5.92 Å². The van der Waals surface area contributed by atoms with Gasteiger partial charge >= 0.3 is 12.4 Å². The number of halogens is 10. The highest BCUT2D eigenvalue weighted by molar-refractivity contribution is 6.01. The van der Waals surface area contributed by atoms with Gasteiger partial charge in [0.15, 0.2) is 0 Å². The summed E-state index contributed by atoms with van der Waals surface area (Å²) in [4.78, 5) is 188. The maximum Gasteiger partial charge on any atom is 0.397 e. The minimum absolute atomic E-state index is 0.0232. The number of nitrogens with zero attached hydrogens (tertiary/aromatic N) is 9. The highest BCUT2D eigenvalue weighted by Crippen LogP contribution is 2.46. The maximum absolute atomic E-state index is 16.1. The second-order valence-electron chi connectivity index (χ2n) is 31.1. The van der Waals surface area contributed by atoms with Crippen LogP contribution in [0.3, 0.4) is 0 Å². The lowest BCUT2D eigenvalue weighted by Gasteiger charge is -2.47. The van der Waals surface area contributed by atoms with Crippen LogP contribution in [0.4, 0.5) is 43.9 Å². The van der Waals surface area contributed by atoms with Gasteiger partial charge in [-0.15, -0.1) is 0 Å². The Morgan fingerprint density at radius 3 is 1.79 bits per heavy atom. The van der Waals surface area contributed by atoms with Crippen molar-refractivity contribution >= 4 is 70.9 Å². The predicted molar refractivity (Wildman–Crippen MR) is 361 cm³/mol. The molecule has 8 rings (SSSR count). The van der Waals surface area contributed by atoms with Gasteiger partial charge in [-0.1, -0.05) is 33.1 Å². The van der Waals surface area contributed by atoms with Gasteiger partial charge in [0.2, 0.25) is 70.9 Å². The van der Waals surface area contributed by atoms with Gasteiger partial charge in [0.1, 0.15) is 72.1 Å². The third kappa shape index (κ3) is 19.7. The number of nitrogens with one attached hydrogen (secondary N) is 3. The van der Waals surface area contributed by atoms with Gasteiger partial charge in [-0.2, -0.15) is 26.3 Å². The fraction of sp³-hybridized carbons (Fsp3) is 0.831. The Bertz CT molecular complexity index is 3190. The molecule has 8 aliphatic rings. The van der Waals surface area contributed by atoms with E-state index < -0.39 is 249 Å². The highest BCUT2D eigenvalue weighted by Gasteiger charge is 2.58. The number of rotatable bonds is 9. The smallest absolute Gasteiger partial charge is 0.378 e. The lowest BCUT2D eigenvalue weighted by molar-refractivity contribution is -0.219. The summed E-state index contributed by atoms with van der Waals surface area (Å²) in [6, 6.07) is -12.6. The van der Waals surface area contributed by atoms with E-state index in [9.17, 15) is 59.9 Å². The van der Waals surface area contributed by atoms with Crippen molar-refractivity contribution in [1.82, 2.24) is 60.0 Å². The summed E-state index contributed by atoms with van der Waals surface area (Å²) < 4.78 is 152. The monoisotopic (exact) mass is 1520 g/mol. The summed E-state index contributed by atoms with van der Waals surface area (Å²) in [6.45, 7) is 1.88. The molecule has 4 heterocycles. The molecule has 2 bridgehead atoms. The number of ether oxygens (including phenoxy) is 1. The number of morpholine rings is 1. The molecule has 598 valence electrons. The Morgan fingerprint density at radius 2 is 1.22 bits per heavy atom. The van der Waals surface area contributed by atoms with Crippen molar-refractivity contribution in [2.24, 2.45) is 35.5 Å². The molecule has 0 aromatic rings. The Kier molecular flexibility index (Phi) is 28.0. The molecule has 4 saturated heterocycles. The molecule has 4 aliphatic heterocycles. The van der Waals surface area contributed by atoms with Crippen LogP contribution in [0.25, 0.3) is 0 Å². The molecule has 12 amide bonds. The van der Waals surface area contributed by atoms with Crippen molar-refractivity contribution in [3.05, 3.63) is 0 Å². The van der Waals surface area contributed by atoms with Crippen molar-refractivity contribution in [1.29, 1.82) is 0 Å². The molecule has 2 unspecified atom stereocenters. The summed E-state index contributed by atoms with van der Waals surface area (Å²) in [6.07, 6.45) is -18.3. The molecule has 0 aromatic carbocycles. The van der Waals surface area contributed by atoms with Crippen LogP contribution in [0, 0.1) is 35.5 Å². The molecule has 4 saturated carbocycles. The predicted octanol–water partition coefficient (Wildman–Crippen LogP) is 5.16. The number of fused-ring (bicyclic) bond motifs is 3. The molecule has 3 N–H and O–H groups in total. The molecule has 25 nitrogen and oxygen atoms in total. The summed E-state index contributed by atoms with van der Waals surface area (Å²) in [7, 11) is 7.61. The maximum atomic E-state index is 16.1. The molecule has 4 aliphatic carbocycles. The molecule has 0 radical (unpaired) electrons. The summed E-state index contributed by atoms with van der Waals surface area (Å²) >= 11 is 0. The van der Waals surface area contributed by atoms with Gasteiger partial charge in [-0.05, 0) is 140 Å². The van der Waals surface area contributed by atoms with Gasteiger partial charge in [0.05, 0.1) is 45.2 Å². The van der Waals surface area contributed by atoms with Crippen LogP contribution in [-0.2, 0) is 62.3 Å². The molecule has 8 fully saturated rings. The average molecular weight is 1530 g/mol. The van der Waals surface area contributed by atoms with Crippen molar-refractivity contribution in [2.75, 3.05) is 94.8 Å². The van der Waals surface area contributed by atoms with E-state index in [1.54, 1.807) is 13.8 Å². The summed E-state index contributed by atoms with van der Waals surface area (Å²) in [5.41, 5.74) is -1.91. The topological polar surface area (TPSA) is 279 Å². The number of carbonyl (C=O) groups excluding carboxylic acids is 12. The minimum atomic E-state index is -5.28. The fourth-order valence-corrected chi connectivity index (χ4v) is 16.8. The zero-order valence-corrected chi connectivity index (χ0v) is 62.1. The van der Waals surface area contributed by atoms with Crippen LogP contribution in [0.2, 0.25) is 0 Å². The largest absolute Gasteiger partial charge is 0.397 e. The number of carbonyl (C=O) groups is 12. The lowest BCUT2D eigenvalue weighted by atomic mass is 9.74. The molecule has 35 heteroatoms. The molecular formula is C71H106F10N12O13. The number of hydrogen-bond donors (Lipinski definition) is 3. The van der Waals surface area contributed by atoms with E-state index in [0.29, 0.717) is 37.0 Å². The number of hydrogen-bond acceptors (Lipinski definition) is 13. The zero-order chi connectivity index (χ0) is 78.4. The first-order valence-electron chi connectivity index (χ1n) is 37.4. The van der Waals surface area contributed by atoms with E-state index in [2.05, 4.69) is 16.0 Å². The van der Waals surface area contributed by atoms with Crippen LogP contribution >= 0.6 is 0 Å². The van der Waals surface area contributed by atoms with Gasteiger partial charge in [-0.25, -0.2) is 17.6 Å². The van der Waals surface area contributed by atoms with Crippen molar-refractivity contribution in [3.63, 3.8) is 0 Å². The summed E-state index contributed by atoms with van der Waals surface area (Å²) in [5, 5.41) is 7.77. The van der Waals surface area contributed by atoms with Crippen LogP contribution in [0.1, 0.15) is 162 Å². The first-order valence-corrected chi connectivity index (χ1v) is 37.4. The lowest BCUT2D eigenvalue weighted by Crippen LogP contribution is -2.68. The van der Waals surface area contributed by atoms with E-state index in [0.717, 1.165) is 36.4 Å². The van der Waals surface area contributed by atoms with E-state index in [4.69, 9.17) is 4.74 Å². The van der Waals surface area contributed by atoms with Crippen LogP contribution in [-0.4, -0.2) is 294 Å². The van der Waals surface area contributed by atoms with Gasteiger partial charge < -0.3 is 64.8 Å². The molecule has 106 heavy (non-hydrogen) atoms. The Labute approximate surface area is 611 Å². The van der Waals surface area contributed by atoms with Crippen LogP contribution in [0.15, 0.2) is 0 Å². The van der Waals surface area contributed by atoms with Crippen molar-refractivity contribution in [2.45, 2.75) is 247 Å². The highest BCUT2D eigenvalue weighted by atomic mass is 19.4. The molecule has 1 spiro atoms. The van der Waals surface area contributed by atoms with E-state index >= 15 is 41.5 Å². The second kappa shape index (κ2) is 35.1. The van der Waals surface area contributed by atoms with Crippen molar-refractivity contribution < 1.29 is 106 Å². The van der Waals surface area contributed by atoms with Crippen LogP contribution in [0.5, 0.6) is 0 Å². The van der Waals surface area contributed by atoms with E-state index in [1.807, 2.05) is 0 Å². The van der Waals surface area contributed by atoms with Gasteiger partial charge in [-0.3, -0.25) is 57.5 Å². The Hall–Kier alpha value is -7.10. The normalized spacial score (nSPS) is 32.7. The number of alkyl halides is 10. The first kappa shape index (κ1) is 84.5. The molecule has 11 atom stereocenters. The molecular weight excluding hydrogens is 1420 g/mol. The standard InChI is InChI=1S/C71H106F10N12O13/c1-10-40(2)57-65(103)86(5)38-55(96)88(7)49-18-13-14-27-92(64(49)102)51(34-42-19-22-45(23-20-42)70(76,77)78)62(100)85(4)37-53(94)82-48(24-21-43-32-46(72)56(47(73)33-43)71(79,80)81)61(99)93-39-69(74,75)36-52(93)60(98)84-68(25-15-26-68)67(105)90(9)58(44-16-11-12-17-44)66(104)89(8)50(63(101)91-28-30-106-31-29-91)35-54(95)87(6)41(3)59(97)83-57/h40-52,56-58H,10-39H2,1-9H3,(H,82,94)(H,83,97)(H,84,98)/t40-,41-,42?,43?,45?,46?,47?,48-,49-,50-,51-,52-,56?,57-,58-/m0/s1. The SMILES string of the molecule is CC[C@H](C)[C@@H]1NC(=O)[C@H](C)N(C)C(=O)C[C@@H](C(=O)N2CCOCC2)N(C)C(=O)[C@H](C2CCCC2)N(C)C(=O)C2(CCC2)NC(=O)[C@@H]2CC(F)(F)CN2C(=O)[C@H](CCC2CC(F)C(C(F)(F)F)C(F)C2)NC(=O)CN(C)C(=O)[C@H](CC2CCC(C(F)(F)F)CC2)N2CCCC[C@@H](C2=O)N(C)C(=O)CN(C)C1=O. The zero-order valence-electron chi connectivity index (χ0n) is 62.1. The van der Waals surface area contributed by atoms with E-state index in [-0.39, 0.29) is 103 Å². The van der Waals surface area contributed by atoms with E-state index in [1.165, 1.54) is 52.0 Å². The van der Waals surface area contributed by atoms with Crippen LogP contribution < -0.4 is 16.0 Å². The molecule has 0 aromatic heterocycles. The Balaban J connectivity index is 1.18. The Morgan fingerprint density at radius 1 is 0.613 bits per heavy atom. The fourth-order valence-electron chi connectivity index (χ4n) is 16.8. The minimum Gasteiger partial charge on any atom is -0.378 e. The van der Waals surface area contributed by atoms with Gasteiger partial charge in [0, 0.05) is 68.3 Å². The third-order valence-corrected chi connectivity index (χ3v) is 24.0. The number of amides is 12. The third-order valence-electron chi connectivity index (χ3n) is 24.0. The average Bonchev–Trinajstić information content (AvgIpc) is 1.18. The van der Waals surface area contributed by atoms with Crippen molar-refractivity contribution in [3.8, 4) is 0 Å².